The Balaban J connectivity index is 1.49. The monoisotopic (exact) mass is 448 g/mol. The molecular formula is C21H28N4O5S. The highest BCUT2D eigenvalue weighted by molar-refractivity contribution is 7.91. The van der Waals surface area contributed by atoms with Crippen LogP contribution in [0.15, 0.2) is 29.1 Å². The van der Waals surface area contributed by atoms with E-state index in [0.717, 1.165) is 12.8 Å². The highest BCUT2D eigenvalue weighted by atomic mass is 32.2. The fourth-order valence-corrected chi connectivity index (χ4v) is 6.46. The number of H-pyrrole nitrogens is 1. The lowest BCUT2D eigenvalue weighted by Gasteiger charge is -2.28. The maximum absolute atomic E-state index is 12.8. The molecule has 0 radical (unpaired) electrons. The predicted octanol–water partition coefficient (Wildman–Crippen LogP) is 0.598. The fraction of sp³-hybridized carbons (Fsp3) is 0.571. The van der Waals surface area contributed by atoms with Crippen molar-refractivity contribution in [2.75, 3.05) is 31.2 Å². The van der Waals surface area contributed by atoms with Crippen LogP contribution in [0.5, 0.6) is 0 Å². The first-order chi connectivity index (χ1) is 14.7. The predicted molar refractivity (Wildman–Crippen MR) is 116 cm³/mol. The van der Waals surface area contributed by atoms with Gasteiger partial charge >= 0.3 is 0 Å². The molecule has 0 bridgehead atoms. The molecule has 1 aromatic heterocycles. The number of sulfone groups is 1. The van der Waals surface area contributed by atoms with Gasteiger partial charge in [0.2, 0.25) is 5.91 Å². The van der Waals surface area contributed by atoms with Gasteiger partial charge in [0.1, 0.15) is 5.82 Å². The molecule has 10 heteroatoms. The van der Waals surface area contributed by atoms with E-state index >= 15 is 0 Å². The van der Waals surface area contributed by atoms with Crippen molar-refractivity contribution in [3.63, 3.8) is 0 Å². The summed E-state index contributed by atoms with van der Waals surface area (Å²) in [4.78, 5) is 34.4. The van der Waals surface area contributed by atoms with E-state index in [1.54, 1.807) is 25.1 Å². The van der Waals surface area contributed by atoms with Crippen molar-refractivity contribution >= 4 is 26.6 Å². The summed E-state index contributed by atoms with van der Waals surface area (Å²) in [5.41, 5.74) is -0.363. The quantitative estimate of drug-likeness (QED) is 0.636. The van der Waals surface area contributed by atoms with Crippen LogP contribution in [-0.4, -0.2) is 72.0 Å². The van der Waals surface area contributed by atoms with Gasteiger partial charge < -0.3 is 15.0 Å². The van der Waals surface area contributed by atoms with E-state index in [-0.39, 0.29) is 42.2 Å². The van der Waals surface area contributed by atoms with Crippen molar-refractivity contribution in [2.45, 2.75) is 44.4 Å². The molecule has 2 aliphatic heterocycles. The number of aromatic nitrogens is 2. The second-order valence-corrected chi connectivity index (χ2v) is 11.0. The summed E-state index contributed by atoms with van der Waals surface area (Å²) < 4.78 is 29.4. The standard InChI is InChI=1S/C21H28N4O5S/c1-21(8-10-31(28,29)14-21)24-19(26)13-25(11-15-5-4-9-30-15)12-18-22-17-7-3-2-6-16(17)20(27)23-18/h2-3,6-7,15H,4-5,8-14H2,1H3,(H,24,26)(H,22,23,27)/t15-,21+/m0/s1. The van der Waals surface area contributed by atoms with Crippen molar-refractivity contribution in [3.8, 4) is 0 Å². The molecule has 1 amide bonds. The second kappa shape index (κ2) is 8.68. The molecule has 2 aromatic rings. The maximum Gasteiger partial charge on any atom is 0.258 e. The van der Waals surface area contributed by atoms with E-state index in [1.165, 1.54) is 0 Å². The SMILES string of the molecule is C[C@@]1(NC(=O)CN(Cc2nc3ccccc3c(=O)[nH]2)C[C@@H]2CCCO2)CCS(=O)(=O)C1. The minimum absolute atomic E-state index is 0.0161. The lowest BCUT2D eigenvalue weighted by Crippen LogP contribution is -2.51. The zero-order chi connectivity index (χ0) is 22.1. The number of amides is 1. The summed E-state index contributed by atoms with van der Waals surface area (Å²) in [6.45, 7) is 3.33. The number of nitrogens with one attached hydrogen (secondary N) is 2. The first-order valence-corrected chi connectivity index (χ1v) is 12.4. The number of fused-ring (bicyclic) bond motifs is 1. The van der Waals surface area contributed by atoms with E-state index in [2.05, 4.69) is 15.3 Å². The third-order valence-electron chi connectivity index (χ3n) is 5.83. The molecule has 1 aromatic carbocycles. The molecule has 0 unspecified atom stereocenters. The number of nitrogens with zero attached hydrogens (tertiary/aromatic N) is 2. The van der Waals surface area contributed by atoms with Gasteiger partial charge in [-0.25, -0.2) is 13.4 Å². The van der Waals surface area contributed by atoms with Crippen LogP contribution in [0.25, 0.3) is 10.9 Å². The Hall–Kier alpha value is -2.30. The summed E-state index contributed by atoms with van der Waals surface area (Å²) in [7, 11) is -3.12. The third-order valence-corrected chi connectivity index (χ3v) is 7.74. The molecule has 2 saturated heterocycles. The lowest BCUT2D eigenvalue weighted by atomic mass is 10.0. The molecule has 2 aliphatic rings. The van der Waals surface area contributed by atoms with Gasteiger partial charge in [-0.3, -0.25) is 14.5 Å². The van der Waals surface area contributed by atoms with E-state index in [9.17, 15) is 18.0 Å². The van der Waals surface area contributed by atoms with Gasteiger partial charge in [0.05, 0.1) is 47.1 Å². The molecule has 31 heavy (non-hydrogen) atoms. The van der Waals surface area contributed by atoms with Crippen molar-refractivity contribution in [3.05, 3.63) is 40.4 Å². The number of carbonyl (C=O) groups excluding carboxylic acids is 1. The molecule has 168 valence electrons. The minimum atomic E-state index is -3.12. The largest absolute Gasteiger partial charge is 0.377 e. The van der Waals surface area contributed by atoms with Crippen molar-refractivity contribution in [1.82, 2.24) is 20.2 Å². The first kappa shape index (κ1) is 21.9. The molecule has 2 N–H and O–H groups in total. The molecule has 3 heterocycles. The van der Waals surface area contributed by atoms with Gasteiger partial charge in [0, 0.05) is 13.2 Å². The number of rotatable bonds is 7. The van der Waals surface area contributed by atoms with Crippen LogP contribution < -0.4 is 10.9 Å². The first-order valence-electron chi connectivity index (χ1n) is 10.5. The van der Waals surface area contributed by atoms with Gasteiger partial charge in [-0.15, -0.1) is 0 Å². The van der Waals surface area contributed by atoms with Gasteiger partial charge in [0.15, 0.2) is 9.84 Å². The highest BCUT2D eigenvalue weighted by Gasteiger charge is 2.39. The minimum Gasteiger partial charge on any atom is -0.377 e. The van der Waals surface area contributed by atoms with Crippen molar-refractivity contribution < 1.29 is 17.9 Å². The van der Waals surface area contributed by atoms with Crippen LogP contribution in [0.1, 0.15) is 32.0 Å². The number of para-hydroxylation sites is 1. The average Bonchev–Trinajstić information content (AvgIpc) is 3.28. The Morgan fingerprint density at radius 3 is 2.90 bits per heavy atom. The summed E-state index contributed by atoms with van der Waals surface area (Å²) >= 11 is 0. The highest BCUT2D eigenvalue weighted by Crippen LogP contribution is 2.23. The summed E-state index contributed by atoms with van der Waals surface area (Å²) in [5.74, 6) is 0.271. The van der Waals surface area contributed by atoms with Crippen molar-refractivity contribution in [1.29, 1.82) is 0 Å². The Kier molecular flexibility index (Phi) is 6.14. The number of ether oxygens (including phenoxy) is 1. The molecule has 4 rings (SSSR count). The number of benzene rings is 1. The normalized spacial score (nSPS) is 25.3. The molecule has 2 fully saturated rings. The topological polar surface area (TPSA) is 121 Å². The molecular weight excluding hydrogens is 420 g/mol. The Morgan fingerprint density at radius 2 is 2.19 bits per heavy atom. The van der Waals surface area contributed by atoms with Crippen LogP contribution >= 0.6 is 0 Å². The number of hydrogen-bond donors (Lipinski definition) is 2. The van der Waals surface area contributed by atoms with Gasteiger partial charge in [-0.05, 0) is 38.3 Å². The van der Waals surface area contributed by atoms with Crippen LogP contribution in [0.2, 0.25) is 0 Å². The van der Waals surface area contributed by atoms with E-state index in [1.807, 2.05) is 11.0 Å². The van der Waals surface area contributed by atoms with Crippen LogP contribution in [0.3, 0.4) is 0 Å². The van der Waals surface area contributed by atoms with Gasteiger partial charge in [-0.2, -0.15) is 0 Å². The Labute approximate surface area is 181 Å². The molecule has 2 atom stereocenters. The van der Waals surface area contributed by atoms with E-state index < -0.39 is 15.4 Å². The van der Waals surface area contributed by atoms with Crippen molar-refractivity contribution in [2.24, 2.45) is 0 Å². The van der Waals surface area contributed by atoms with E-state index in [0.29, 0.717) is 36.3 Å². The maximum atomic E-state index is 12.8. The second-order valence-electron chi connectivity index (χ2n) is 8.79. The summed E-state index contributed by atoms with van der Waals surface area (Å²) in [6.07, 6.45) is 2.32. The van der Waals surface area contributed by atoms with Gasteiger partial charge in [0.25, 0.3) is 5.56 Å². The lowest BCUT2D eigenvalue weighted by molar-refractivity contribution is -0.124. The number of aromatic amines is 1. The zero-order valence-corrected chi connectivity index (χ0v) is 18.4. The molecule has 0 aliphatic carbocycles. The van der Waals surface area contributed by atoms with Gasteiger partial charge in [-0.1, -0.05) is 12.1 Å². The molecule has 0 saturated carbocycles. The third kappa shape index (κ3) is 5.50. The smallest absolute Gasteiger partial charge is 0.258 e. The van der Waals surface area contributed by atoms with Crippen LogP contribution in [0, 0.1) is 0 Å². The Morgan fingerprint density at radius 1 is 1.39 bits per heavy atom. The Bertz CT molecular complexity index is 1130. The number of hydrogen-bond acceptors (Lipinski definition) is 7. The van der Waals surface area contributed by atoms with E-state index in [4.69, 9.17) is 4.74 Å². The molecule has 0 spiro atoms. The summed E-state index contributed by atoms with van der Waals surface area (Å²) in [5, 5.41) is 3.42. The fourth-order valence-electron chi connectivity index (χ4n) is 4.37. The molecule has 9 nitrogen and oxygen atoms in total. The average molecular weight is 449 g/mol. The van der Waals surface area contributed by atoms with Crippen LogP contribution in [-0.2, 0) is 25.9 Å². The zero-order valence-electron chi connectivity index (χ0n) is 17.6. The number of carbonyl (C=O) groups is 1. The van der Waals surface area contributed by atoms with Crippen LogP contribution in [0.4, 0.5) is 0 Å². The summed E-state index contributed by atoms with van der Waals surface area (Å²) in [6, 6.07) is 7.12.